The highest BCUT2D eigenvalue weighted by molar-refractivity contribution is 5.73. The van der Waals surface area contributed by atoms with E-state index in [4.69, 9.17) is 0 Å². The van der Waals surface area contributed by atoms with Crippen molar-refractivity contribution in [3.63, 3.8) is 0 Å². The van der Waals surface area contributed by atoms with Gasteiger partial charge in [0.1, 0.15) is 23.6 Å². The quantitative estimate of drug-likeness (QED) is 0.660. The zero-order valence-electron chi connectivity index (χ0n) is 10.2. The lowest BCUT2D eigenvalue weighted by atomic mass is 10.3. The first-order valence-corrected chi connectivity index (χ1v) is 5.42. The summed E-state index contributed by atoms with van der Waals surface area (Å²) in [6, 6.07) is 3.23. The topological polar surface area (TPSA) is 93.0 Å². The average Bonchev–Trinajstić information content (AvgIpc) is 2.42. The van der Waals surface area contributed by atoms with Gasteiger partial charge in [-0.2, -0.15) is 0 Å². The van der Waals surface area contributed by atoms with Gasteiger partial charge in [-0.25, -0.2) is 18.7 Å². The Hall–Kier alpha value is -2.84. The van der Waals surface area contributed by atoms with Crippen LogP contribution in [0.4, 0.5) is 31.8 Å². The number of rotatable bonds is 4. The third kappa shape index (κ3) is 2.46. The number of para-hydroxylation sites is 1. The van der Waals surface area contributed by atoms with E-state index in [1.54, 1.807) is 0 Å². The van der Waals surface area contributed by atoms with E-state index in [2.05, 4.69) is 20.6 Å². The maximum absolute atomic E-state index is 13.5. The van der Waals surface area contributed by atoms with E-state index in [1.807, 2.05) is 0 Å². The fourth-order valence-electron chi connectivity index (χ4n) is 1.56. The number of nitro groups is 1. The van der Waals surface area contributed by atoms with Crippen molar-refractivity contribution in [2.24, 2.45) is 0 Å². The molecule has 0 aliphatic carbocycles. The number of benzene rings is 1. The van der Waals surface area contributed by atoms with Crippen LogP contribution in [-0.2, 0) is 0 Å². The fraction of sp³-hybridized carbons (Fsp3) is 0.0909. The van der Waals surface area contributed by atoms with Crippen LogP contribution in [0.1, 0.15) is 0 Å². The Morgan fingerprint density at radius 1 is 1.20 bits per heavy atom. The van der Waals surface area contributed by atoms with Crippen LogP contribution < -0.4 is 10.6 Å². The van der Waals surface area contributed by atoms with Gasteiger partial charge in [-0.15, -0.1) is 0 Å². The lowest BCUT2D eigenvalue weighted by Crippen LogP contribution is -2.06. The molecule has 1 aromatic heterocycles. The number of halogens is 2. The second-order valence-electron chi connectivity index (χ2n) is 3.65. The standard InChI is InChI=1S/C11H9F2N5O2/c1-14-10-9(18(19)20)11(16-5-15-10)17-8-6(12)3-2-4-7(8)13/h2-5H,1H3,(H2,14,15,16,17). The molecule has 0 atom stereocenters. The highest BCUT2D eigenvalue weighted by Gasteiger charge is 2.23. The van der Waals surface area contributed by atoms with Crippen molar-refractivity contribution in [3.8, 4) is 0 Å². The van der Waals surface area contributed by atoms with E-state index in [-0.39, 0.29) is 11.6 Å². The minimum absolute atomic E-state index is 0.0655. The summed E-state index contributed by atoms with van der Waals surface area (Å²) in [5.41, 5.74) is -1.02. The molecule has 2 N–H and O–H groups in total. The summed E-state index contributed by atoms with van der Waals surface area (Å²) in [6.07, 6.45) is 1.04. The number of nitrogens with one attached hydrogen (secondary N) is 2. The second-order valence-corrected chi connectivity index (χ2v) is 3.65. The summed E-state index contributed by atoms with van der Waals surface area (Å²) < 4.78 is 27.0. The Morgan fingerprint density at radius 3 is 2.35 bits per heavy atom. The van der Waals surface area contributed by atoms with Crippen LogP contribution in [0.5, 0.6) is 0 Å². The Bertz CT molecular complexity index is 645. The summed E-state index contributed by atoms with van der Waals surface area (Å²) in [5, 5.41) is 15.8. The number of nitrogens with zero attached hydrogens (tertiary/aromatic N) is 3. The van der Waals surface area contributed by atoms with E-state index < -0.39 is 27.9 Å². The predicted octanol–water partition coefficient (Wildman–Crippen LogP) is 2.45. The molecule has 0 aliphatic heterocycles. The van der Waals surface area contributed by atoms with Crippen LogP contribution >= 0.6 is 0 Å². The van der Waals surface area contributed by atoms with Crippen LogP contribution in [0, 0.1) is 21.7 Å². The Kier molecular flexibility index (Phi) is 3.69. The van der Waals surface area contributed by atoms with Gasteiger partial charge in [0.15, 0.2) is 0 Å². The maximum atomic E-state index is 13.5. The molecular weight excluding hydrogens is 272 g/mol. The van der Waals surface area contributed by atoms with Crippen molar-refractivity contribution in [2.75, 3.05) is 17.7 Å². The third-order valence-electron chi connectivity index (χ3n) is 2.45. The second kappa shape index (κ2) is 5.43. The highest BCUT2D eigenvalue weighted by atomic mass is 19.1. The first-order valence-electron chi connectivity index (χ1n) is 5.42. The van der Waals surface area contributed by atoms with Gasteiger partial charge in [-0.1, -0.05) is 6.07 Å². The Labute approximate surface area is 111 Å². The van der Waals surface area contributed by atoms with Crippen molar-refractivity contribution >= 4 is 23.0 Å². The largest absolute Gasteiger partial charge is 0.367 e. The lowest BCUT2D eigenvalue weighted by Gasteiger charge is -2.09. The van der Waals surface area contributed by atoms with Crippen LogP contribution in [0.2, 0.25) is 0 Å². The van der Waals surface area contributed by atoms with Gasteiger partial charge in [0.05, 0.1) is 4.92 Å². The number of anilines is 3. The van der Waals surface area contributed by atoms with Gasteiger partial charge >= 0.3 is 5.69 Å². The molecule has 0 aliphatic rings. The molecule has 7 nitrogen and oxygen atoms in total. The smallest absolute Gasteiger partial charge is 0.353 e. The fourth-order valence-corrected chi connectivity index (χ4v) is 1.56. The normalized spacial score (nSPS) is 10.2. The molecule has 0 saturated carbocycles. The molecule has 0 fully saturated rings. The third-order valence-corrected chi connectivity index (χ3v) is 2.45. The van der Waals surface area contributed by atoms with Crippen molar-refractivity contribution < 1.29 is 13.7 Å². The summed E-state index contributed by atoms with van der Waals surface area (Å²) >= 11 is 0. The van der Waals surface area contributed by atoms with Crippen molar-refractivity contribution in [3.05, 3.63) is 46.3 Å². The van der Waals surface area contributed by atoms with Gasteiger partial charge < -0.3 is 10.6 Å². The monoisotopic (exact) mass is 281 g/mol. The van der Waals surface area contributed by atoms with Gasteiger partial charge in [-0.3, -0.25) is 10.1 Å². The number of hydrogen-bond acceptors (Lipinski definition) is 6. The summed E-state index contributed by atoms with van der Waals surface area (Å²) in [4.78, 5) is 17.6. The average molecular weight is 281 g/mol. The lowest BCUT2D eigenvalue weighted by molar-refractivity contribution is -0.383. The molecule has 0 saturated heterocycles. The molecule has 20 heavy (non-hydrogen) atoms. The van der Waals surface area contributed by atoms with E-state index in [0.717, 1.165) is 18.5 Å². The minimum Gasteiger partial charge on any atom is -0.367 e. The first kappa shape index (κ1) is 13.6. The molecule has 0 radical (unpaired) electrons. The van der Waals surface area contributed by atoms with Crippen LogP contribution in [0.3, 0.4) is 0 Å². The number of hydrogen-bond donors (Lipinski definition) is 2. The van der Waals surface area contributed by atoms with Crippen molar-refractivity contribution in [1.82, 2.24) is 9.97 Å². The van der Waals surface area contributed by atoms with E-state index in [0.29, 0.717) is 0 Å². The summed E-state index contributed by atoms with van der Waals surface area (Å²) in [6.45, 7) is 0. The molecule has 0 spiro atoms. The molecule has 1 heterocycles. The van der Waals surface area contributed by atoms with Crippen LogP contribution in [0.15, 0.2) is 24.5 Å². The van der Waals surface area contributed by atoms with Crippen LogP contribution in [-0.4, -0.2) is 21.9 Å². The SMILES string of the molecule is CNc1ncnc(Nc2c(F)cccc2F)c1[N+](=O)[O-]. The zero-order valence-corrected chi connectivity index (χ0v) is 10.2. The maximum Gasteiger partial charge on any atom is 0.353 e. The van der Waals surface area contributed by atoms with Crippen molar-refractivity contribution in [1.29, 1.82) is 0 Å². The molecule has 9 heteroatoms. The van der Waals surface area contributed by atoms with Gasteiger partial charge in [0, 0.05) is 7.05 Å². The first-order chi connectivity index (χ1) is 9.54. The molecule has 1 aromatic carbocycles. The summed E-state index contributed by atoms with van der Waals surface area (Å²) in [5.74, 6) is -2.14. The molecule has 0 bridgehead atoms. The highest BCUT2D eigenvalue weighted by Crippen LogP contribution is 2.32. The van der Waals surface area contributed by atoms with Crippen LogP contribution in [0.25, 0.3) is 0 Å². The molecular formula is C11H9F2N5O2. The molecule has 0 amide bonds. The van der Waals surface area contributed by atoms with Crippen molar-refractivity contribution in [2.45, 2.75) is 0 Å². The molecule has 104 valence electrons. The van der Waals surface area contributed by atoms with E-state index in [9.17, 15) is 18.9 Å². The minimum atomic E-state index is -0.885. The van der Waals surface area contributed by atoms with E-state index in [1.165, 1.54) is 13.1 Å². The Morgan fingerprint density at radius 2 is 1.80 bits per heavy atom. The van der Waals surface area contributed by atoms with Gasteiger partial charge in [-0.05, 0) is 12.1 Å². The van der Waals surface area contributed by atoms with E-state index >= 15 is 0 Å². The molecule has 0 unspecified atom stereocenters. The number of aromatic nitrogens is 2. The summed E-state index contributed by atoms with van der Waals surface area (Å²) in [7, 11) is 1.43. The predicted molar refractivity (Wildman–Crippen MR) is 67.9 cm³/mol. The molecule has 2 aromatic rings. The van der Waals surface area contributed by atoms with Gasteiger partial charge in [0.2, 0.25) is 11.6 Å². The molecule has 2 rings (SSSR count). The zero-order chi connectivity index (χ0) is 14.7. The van der Waals surface area contributed by atoms with Gasteiger partial charge in [0.25, 0.3) is 0 Å². The Balaban J connectivity index is 2.51.